The third-order valence-electron chi connectivity index (χ3n) is 2.23. The quantitative estimate of drug-likeness (QED) is 0.948. The molecule has 2 N–H and O–H groups in total. The Bertz CT molecular complexity index is 475. The summed E-state index contributed by atoms with van der Waals surface area (Å²) in [5, 5.41) is 5.70. The van der Waals surface area contributed by atoms with Crippen LogP contribution < -0.4 is 5.73 Å². The summed E-state index contributed by atoms with van der Waals surface area (Å²) in [6, 6.07) is 4.66. The molecule has 1 aromatic carbocycles. The van der Waals surface area contributed by atoms with Crippen molar-refractivity contribution in [3.05, 3.63) is 45.1 Å². The highest BCUT2D eigenvalue weighted by molar-refractivity contribution is 9.10. The topological polar surface area (TPSA) is 51.8 Å². The van der Waals surface area contributed by atoms with E-state index in [1.807, 2.05) is 6.07 Å². The van der Waals surface area contributed by atoms with E-state index in [9.17, 15) is 4.39 Å². The smallest absolute Gasteiger partial charge is 0.137 e. The van der Waals surface area contributed by atoms with Crippen molar-refractivity contribution >= 4 is 27.5 Å². The van der Waals surface area contributed by atoms with Crippen LogP contribution in [0.4, 0.5) is 4.39 Å². The van der Waals surface area contributed by atoms with E-state index in [-0.39, 0.29) is 11.9 Å². The van der Waals surface area contributed by atoms with E-state index in [1.54, 1.807) is 11.4 Å². The second-order valence-electron chi connectivity index (χ2n) is 3.35. The first kappa shape index (κ1) is 11.6. The van der Waals surface area contributed by atoms with Crippen molar-refractivity contribution in [3.63, 3.8) is 0 Å². The van der Waals surface area contributed by atoms with Gasteiger partial charge in [0.1, 0.15) is 5.82 Å². The molecule has 0 spiro atoms. The minimum atomic E-state index is -0.277. The lowest BCUT2D eigenvalue weighted by Gasteiger charge is -2.10. The highest BCUT2D eigenvalue weighted by atomic mass is 79.9. The van der Waals surface area contributed by atoms with Crippen LogP contribution in [0.1, 0.15) is 17.3 Å². The molecule has 16 heavy (non-hydrogen) atoms. The Kier molecular flexibility index (Phi) is 3.63. The van der Waals surface area contributed by atoms with Crippen LogP contribution in [0, 0.1) is 5.82 Å². The van der Waals surface area contributed by atoms with Gasteiger partial charge < -0.3 is 5.73 Å². The maximum atomic E-state index is 13.3. The zero-order valence-corrected chi connectivity index (χ0v) is 10.6. The zero-order valence-electron chi connectivity index (χ0n) is 8.23. The molecule has 3 nitrogen and oxygen atoms in total. The summed E-state index contributed by atoms with van der Waals surface area (Å²) in [6.45, 7) is 0. The molecule has 0 fully saturated rings. The van der Waals surface area contributed by atoms with E-state index < -0.39 is 0 Å². The number of hydrogen-bond acceptors (Lipinski definition) is 4. The highest BCUT2D eigenvalue weighted by Gasteiger charge is 2.13. The molecule has 0 saturated carbocycles. The zero-order chi connectivity index (χ0) is 11.5. The minimum absolute atomic E-state index is 0.253. The Morgan fingerprint density at radius 2 is 2.31 bits per heavy atom. The number of halogens is 2. The molecule has 1 atom stereocenters. The molecule has 0 aliphatic rings. The Labute approximate surface area is 105 Å². The molecule has 0 aliphatic heterocycles. The van der Waals surface area contributed by atoms with Gasteiger partial charge in [0.2, 0.25) is 0 Å². The summed E-state index contributed by atoms with van der Waals surface area (Å²) >= 11 is 4.47. The second kappa shape index (κ2) is 4.99. The van der Waals surface area contributed by atoms with Crippen LogP contribution in [0.15, 0.2) is 28.1 Å². The van der Waals surface area contributed by atoms with Gasteiger partial charge in [-0.15, -0.1) is 5.10 Å². The fourth-order valence-corrected chi connectivity index (χ4v) is 2.33. The molecule has 6 heteroatoms. The van der Waals surface area contributed by atoms with E-state index in [2.05, 4.69) is 25.5 Å². The van der Waals surface area contributed by atoms with Crippen molar-refractivity contribution in [2.75, 3.05) is 0 Å². The van der Waals surface area contributed by atoms with Crippen LogP contribution in [-0.2, 0) is 6.42 Å². The summed E-state index contributed by atoms with van der Waals surface area (Å²) in [5.41, 5.74) is 7.52. The van der Waals surface area contributed by atoms with Gasteiger partial charge in [-0.3, -0.25) is 0 Å². The van der Waals surface area contributed by atoms with Crippen LogP contribution in [-0.4, -0.2) is 9.59 Å². The lowest BCUT2D eigenvalue weighted by Crippen LogP contribution is -2.14. The van der Waals surface area contributed by atoms with Crippen LogP contribution >= 0.6 is 27.5 Å². The van der Waals surface area contributed by atoms with E-state index in [0.717, 1.165) is 11.3 Å². The molecule has 2 rings (SSSR count). The Morgan fingerprint density at radius 3 is 3.00 bits per heavy atom. The first-order chi connectivity index (χ1) is 7.68. The fourth-order valence-electron chi connectivity index (χ4n) is 1.38. The number of benzene rings is 1. The molecular weight excluding hydrogens is 293 g/mol. The van der Waals surface area contributed by atoms with Gasteiger partial charge in [0, 0.05) is 5.38 Å². The normalized spacial score (nSPS) is 12.7. The summed E-state index contributed by atoms with van der Waals surface area (Å²) < 4.78 is 17.5. The summed E-state index contributed by atoms with van der Waals surface area (Å²) in [6.07, 6.45) is 0.532. The van der Waals surface area contributed by atoms with E-state index in [1.165, 1.54) is 17.6 Å². The van der Waals surface area contributed by atoms with Gasteiger partial charge in [0.25, 0.3) is 0 Å². The van der Waals surface area contributed by atoms with Crippen LogP contribution in [0.2, 0.25) is 0 Å². The average molecular weight is 302 g/mol. The van der Waals surface area contributed by atoms with Crippen LogP contribution in [0.25, 0.3) is 0 Å². The third-order valence-corrected chi connectivity index (χ3v) is 3.64. The van der Waals surface area contributed by atoms with Crippen molar-refractivity contribution in [3.8, 4) is 0 Å². The Morgan fingerprint density at radius 1 is 1.50 bits per heavy atom. The fraction of sp³-hybridized carbons (Fsp3) is 0.200. The number of aromatic nitrogens is 2. The van der Waals surface area contributed by atoms with E-state index in [4.69, 9.17) is 5.73 Å². The standard InChI is InChI=1S/C10H9BrFN3S/c11-10-6(2-1-3-7(10)12)4-8(13)9-5-16-15-14-9/h1-3,5,8H,4,13H2. The van der Waals surface area contributed by atoms with Gasteiger partial charge in [-0.1, -0.05) is 16.6 Å². The van der Waals surface area contributed by atoms with E-state index in [0.29, 0.717) is 10.9 Å². The van der Waals surface area contributed by atoms with E-state index >= 15 is 0 Å². The maximum absolute atomic E-state index is 13.3. The molecule has 0 amide bonds. The Balaban J connectivity index is 2.18. The van der Waals surface area contributed by atoms with Crippen LogP contribution in [0.3, 0.4) is 0 Å². The number of rotatable bonds is 3. The third kappa shape index (κ3) is 2.45. The van der Waals surface area contributed by atoms with Gasteiger partial charge in [0.15, 0.2) is 0 Å². The van der Waals surface area contributed by atoms with Gasteiger partial charge >= 0.3 is 0 Å². The first-order valence-electron chi connectivity index (χ1n) is 4.64. The second-order valence-corrected chi connectivity index (χ2v) is 4.76. The van der Waals surface area contributed by atoms with Crippen molar-refractivity contribution in [1.29, 1.82) is 0 Å². The lowest BCUT2D eigenvalue weighted by molar-refractivity contribution is 0.612. The average Bonchev–Trinajstić information content (AvgIpc) is 2.78. The minimum Gasteiger partial charge on any atom is -0.322 e. The lowest BCUT2D eigenvalue weighted by atomic mass is 10.0. The van der Waals surface area contributed by atoms with Crippen molar-refractivity contribution in [1.82, 2.24) is 9.59 Å². The molecule has 1 unspecified atom stereocenters. The molecule has 84 valence electrons. The van der Waals surface area contributed by atoms with Crippen LogP contribution in [0.5, 0.6) is 0 Å². The van der Waals surface area contributed by atoms with Gasteiger partial charge in [-0.25, -0.2) is 4.39 Å². The van der Waals surface area contributed by atoms with Gasteiger partial charge in [-0.05, 0) is 45.5 Å². The molecular formula is C10H9BrFN3S. The van der Waals surface area contributed by atoms with Gasteiger partial charge in [0.05, 0.1) is 16.2 Å². The summed E-state index contributed by atoms with van der Waals surface area (Å²) in [7, 11) is 0. The summed E-state index contributed by atoms with van der Waals surface area (Å²) in [4.78, 5) is 0. The van der Waals surface area contributed by atoms with Crippen molar-refractivity contribution in [2.45, 2.75) is 12.5 Å². The molecule has 1 heterocycles. The number of hydrogen-bond donors (Lipinski definition) is 1. The first-order valence-corrected chi connectivity index (χ1v) is 6.27. The van der Waals surface area contributed by atoms with Crippen molar-refractivity contribution in [2.24, 2.45) is 5.73 Å². The molecule has 2 aromatic rings. The number of nitrogens with zero attached hydrogens (tertiary/aromatic N) is 2. The SMILES string of the molecule is NC(Cc1cccc(F)c1Br)c1csnn1. The monoisotopic (exact) mass is 301 g/mol. The highest BCUT2D eigenvalue weighted by Crippen LogP contribution is 2.24. The molecule has 0 radical (unpaired) electrons. The Hall–Kier alpha value is -0.850. The molecule has 0 aliphatic carbocycles. The predicted octanol–water partition coefficient (Wildman–Crippen LogP) is 2.68. The molecule has 0 saturated heterocycles. The maximum Gasteiger partial charge on any atom is 0.137 e. The number of nitrogens with two attached hydrogens (primary N) is 1. The predicted molar refractivity (Wildman–Crippen MR) is 64.6 cm³/mol. The largest absolute Gasteiger partial charge is 0.322 e. The summed E-state index contributed by atoms with van der Waals surface area (Å²) in [5.74, 6) is -0.277. The van der Waals surface area contributed by atoms with Gasteiger partial charge in [-0.2, -0.15) is 0 Å². The molecule has 1 aromatic heterocycles. The molecule has 0 bridgehead atoms. The van der Waals surface area contributed by atoms with Crippen molar-refractivity contribution < 1.29 is 4.39 Å².